The number of benzene rings is 1. The number of nitrogens with zero attached hydrogens (tertiary/aromatic N) is 3. The van der Waals surface area contributed by atoms with Gasteiger partial charge in [-0.1, -0.05) is 30.3 Å². The van der Waals surface area contributed by atoms with Crippen LogP contribution in [0.5, 0.6) is 0 Å². The maximum absolute atomic E-state index is 13.0. The Labute approximate surface area is 178 Å². The van der Waals surface area contributed by atoms with Crippen molar-refractivity contribution < 1.29 is 4.79 Å². The number of nitrogens with one attached hydrogen (secondary N) is 1. The van der Waals surface area contributed by atoms with E-state index in [9.17, 15) is 4.79 Å². The summed E-state index contributed by atoms with van der Waals surface area (Å²) in [6, 6.07) is 18.6. The summed E-state index contributed by atoms with van der Waals surface area (Å²) in [4.78, 5) is 23.9. The quantitative estimate of drug-likeness (QED) is 0.685. The van der Waals surface area contributed by atoms with E-state index in [1.807, 2.05) is 48.9 Å². The molecule has 0 aliphatic carbocycles. The Morgan fingerprint density at radius 1 is 1.03 bits per heavy atom. The van der Waals surface area contributed by atoms with E-state index < -0.39 is 5.41 Å². The topological polar surface area (TPSA) is 58.1 Å². The molecule has 2 aromatic heterocycles. The molecule has 0 bridgehead atoms. The first-order chi connectivity index (χ1) is 14.7. The second-order valence-electron chi connectivity index (χ2n) is 8.10. The fourth-order valence-electron chi connectivity index (χ4n) is 4.51. The van der Waals surface area contributed by atoms with E-state index in [4.69, 9.17) is 0 Å². The van der Waals surface area contributed by atoms with E-state index >= 15 is 0 Å². The van der Waals surface area contributed by atoms with E-state index in [2.05, 4.69) is 44.5 Å². The highest BCUT2D eigenvalue weighted by atomic mass is 16.2. The lowest BCUT2D eigenvalue weighted by Gasteiger charge is -2.41. The Hall–Kier alpha value is -3.05. The van der Waals surface area contributed by atoms with Gasteiger partial charge < -0.3 is 5.32 Å². The van der Waals surface area contributed by atoms with Gasteiger partial charge in [-0.05, 0) is 66.8 Å². The Morgan fingerprint density at radius 2 is 1.80 bits per heavy atom. The highest BCUT2D eigenvalue weighted by Gasteiger charge is 2.41. The van der Waals surface area contributed by atoms with E-state index in [1.165, 1.54) is 5.56 Å². The normalized spacial score (nSPS) is 19.4. The Kier molecular flexibility index (Phi) is 6.19. The highest BCUT2D eigenvalue weighted by molar-refractivity contribution is 5.83. The lowest BCUT2D eigenvalue weighted by molar-refractivity contribution is -0.134. The monoisotopic (exact) mass is 400 g/mol. The summed E-state index contributed by atoms with van der Waals surface area (Å²) in [6.07, 6.45) is 8.09. The molecule has 4 rings (SSSR count). The van der Waals surface area contributed by atoms with Crippen LogP contribution in [0.3, 0.4) is 0 Å². The van der Waals surface area contributed by atoms with Gasteiger partial charge in [0.05, 0.1) is 11.1 Å². The van der Waals surface area contributed by atoms with Crippen LogP contribution in [0.2, 0.25) is 0 Å². The molecule has 154 valence electrons. The standard InChI is InChI=1S/C25H28N4O/c1-26-24(30)25(12-4-16-29(19-25)18-23-5-2-3-13-28-23)17-20-6-8-21(9-7-20)22-10-14-27-15-11-22/h2-3,5-11,13-15H,4,12,16-19H2,1H3,(H,26,30). The lowest BCUT2D eigenvalue weighted by atomic mass is 9.74. The first-order valence-electron chi connectivity index (χ1n) is 10.5. The number of aromatic nitrogens is 2. The molecule has 1 atom stereocenters. The Bertz CT molecular complexity index is 959. The van der Waals surface area contributed by atoms with Crippen molar-refractivity contribution in [2.24, 2.45) is 5.41 Å². The van der Waals surface area contributed by atoms with Gasteiger partial charge >= 0.3 is 0 Å². The zero-order valence-corrected chi connectivity index (χ0v) is 17.4. The van der Waals surface area contributed by atoms with Gasteiger partial charge in [0.15, 0.2) is 0 Å². The molecule has 30 heavy (non-hydrogen) atoms. The fraction of sp³-hybridized carbons (Fsp3) is 0.320. The smallest absolute Gasteiger partial charge is 0.227 e. The van der Waals surface area contributed by atoms with Crippen LogP contribution in [0.15, 0.2) is 73.2 Å². The van der Waals surface area contributed by atoms with Crippen molar-refractivity contribution in [1.29, 1.82) is 0 Å². The van der Waals surface area contributed by atoms with Crippen molar-refractivity contribution >= 4 is 5.91 Å². The Balaban J connectivity index is 1.52. The summed E-state index contributed by atoms with van der Waals surface area (Å²) in [5.74, 6) is 0.131. The predicted octanol–water partition coefficient (Wildman–Crippen LogP) is 3.71. The lowest BCUT2D eigenvalue weighted by Crippen LogP contribution is -2.52. The van der Waals surface area contributed by atoms with Crippen LogP contribution in [0, 0.1) is 5.41 Å². The van der Waals surface area contributed by atoms with E-state index in [-0.39, 0.29) is 5.91 Å². The first-order valence-corrected chi connectivity index (χ1v) is 10.5. The third-order valence-corrected chi connectivity index (χ3v) is 5.99. The van der Waals surface area contributed by atoms with Crippen LogP contribution in [-0.2, 0) is 17.8 Å². The van der Waals surface area contributed by atoms with E-state index in [0.717, 1.165) is 55.7 Å². The van der Waals surface area contributed by atoms with Crippen molar-refractivity contribution in [2.75, 3.05) is 20.1 Å². The van der Waals surface area contributed by atoms with Crippen molar-refractivity contribution in [2.45, 2.75) is 25.8 Å². The minimum Gasteiger partial charge on any atom is -0.359 e. The van der Waals surface area contributed by atoms with Crippen LogP contribution >= 0.6 is 0 Å². The molecule has 1 saturated heterocycles. The van der Waals surface area contributed by atoms with Gasteiger partial charge in [0.2, 0.25) is 5.91 Å². The van der Waals surface area contributed by atoms with Crippen LogP contribution in [0.4, 0.5) is 0 Å². The molecule has 1 aliphatic rings. The zero-order chi connectivity index (χ0) is 20.8. The van der Waals surface area contributed by atoms with Crippen LogP contribution in [0.1, 0.15) is 24.1 Å². The summed E-state index contributed by atoms with van der Waals surface area (Å²) in [7, 11) is 1.74. The van der Waals surface area contributed by atoms with Gasteiger partial charge in [-0.2, -0.15) is 0 Å². The molecule has 5 heteroatoms. The molecule has 1 aliphatic heterocycles. The zero-order valence-electron chi connectivity index (χ0n) is 17.4. The number of carbonyl (C=O) groups excluding carboxylic acids is 1. The molecule has 1 aromatic carbocycles. The molecule has 3 heterocycles. The van der Waals surface area contributed by atoms with Crippen molar-refractivity contribution in [3.8, 4) is 11.1 Å². The molecule has 1 N–H and O–H groups in total. The number of hydrogen-bond donors (Lipinski definition) is 1. The fourth-order valence-corrected chi connectivity index (χ4v) is 4.51. The third-order valence-electron chi connectivity index (χ3n) is 5.99. The summed E-state index contributed by atoms with van der Waals surface area (Å²) >= 11 is 0. The van der Waals surface area contributed by atoms with Crippen molar-refractivity contribution in [1.82, 2.24) is 20.2 Å². The minimum atomic E-state index is -0.417. The van der Waals surface area contributed by atoms with Crippen molar-refractivity contribution in [3.05, 3.63) is 84.4 Å². The maximum atomic E-state index is 13.0. The molecule has 3 aromatic rings. The number of carbonyl (C=O) groups is 1. The Morgan fingerprint density at radius 3 is 2.50 bits per heavy atom. The summed E-state index contributed by atoms with van der Waals surface area (Å²) in [5, 5.41) is 2.93. The predicted molar refractivity (Wildman–Crippen MR) is 119 cm³/mol. The largest absolute Gasteiger partial charge is 0.359 e. The average Bonchev–Trinajstić information content (AvgIpc) is 2.80. The van der Waals surface area contributed by atoms with Gasteiger partial charge in [0, 0.05) is 38.7 Å². The molecule has 5 nitrogen and oxygen atoms in total. The summed E-state index contributed by atoms with van der Waals surface area (Å²) < 4.78 is 0. The van der Waals surface area contributed by atoms with Gasteiger partial charge in [0.25, 0.3) is 0 Å². The van der Waals surface area contributed by atoms with Gasteiger partial charge in [-0.3, -0.25) is 19.7 Å². The third kappa shape index (κ3) is 4.57. The average molecular weight is 401 g/mol. The van der Waals surface area contributed by atoms with Crippen LogP contribution in [0.25, 0.3) is 11.1 Å². The number of piperidine rings is 1. The second kappa shape index (κ2) is 9.18. The van der Waals surface area contributed by atoms with Crippen molar-refractivity contribution in [3.63, 3.8) is 0 Å². The van der Waals surface area contributed by atoms with Crippen LogP contribution in [-0.4, -0.2) is 40.9 Å². The number of amides is 1. The first kappa shape index (κ1) is 20.2. The van der Waals surface area contributed by atoms with E-state index in [0.29, 0.717) is 0 Å². The van der Waals surface area contributed by atoms with Crippen LogP contribution < -0.4 is 5.32 Å². The number of hydrogen-bond acceptors (Lipinski definition) is 4. The minimum absolute atomic E-state index is 0.131. The number of rotatable bonds is 6. The van der Waals surface area contributed by atoms with Gasteiger partial charge in [-0.15, -0.1) is 0 Å². The molecular formula is C25H28N4O. The van der Waals surface area contributed by atoms with E-state index in [1.54, 1.807) is 7.05 Å². The van der Waals surface area contributed by atoms with Gasteiger partial charge in [0.1, 0.15) is 0 Å². The molecule has 0 radical (unpaired) electrons. The second-order valence-corrected chi connectivity index (χ2v) is 8.10. The molecule has 1 fully saturated rings. The number of likely N-dealkylation sites (tertiary alicyclic amines) is 1. The number of pyridine rings is 2. The summed E-state index contributed by atoms with van der Waals surface area (Å²) in [5.41, 5.74) is 4.13. The molecule has 0 saturated carbocycles. The molecule has 1 unspecified atom stereocenters. The van der Waals surface area contributed by atoms with Gasteiger partial charge in [-0.25, -0.2) is 0 Å². The highest BCUT2D eigenvalue weighted by Crippen LogP contribution is 2.35. The molecule has 1 amide bonds. The summed E-state index contributed by atoms with van der Waals surface area (Å²) in [6.45, 7) is 2.52. The molecule has 0 spiro atoms. The SMILES string of the molecule is CNC(=O)C1(Cc2ccc(-c3ccncc3)cc2)CCCN(Cc2ccccn2)C1. The maximum Gasteiger partial charge on any atom is 0.227 e. The molecular weight excluding hydrogens is 372 g/mol.